The number of amides is 1. The lowest BCUT2D eigenvalue weighted by atomic mass is 9.83. The van der Waals surface area contributed by atoms with Gasteiger partial charge in [0, 0.05) is 12.5 Å². The van der Waals surface area contributed by atoms with Gasteiger partial charge in [0.2, 0.25) is 5.91 Å². The maximum Gasteiger partial charge on any atom is 0.223 e. The molecule has 144 valence electrons. The van der Waals surface area contributed by atoms with E-state index < -0.39 is 0 Å². The molecule has 2 aliphatic rings. The highest BCUT2D eigenvalue weighted by atomic mass is 16.5. The molecule has 1 aromatic rings. The lowest BCUT2D eigenvalue weighted by molar-refractivity contribution is -0.124. The quantitative estimate of drug-likeness (QED) is 0.811. The van der Waals surface area contributed by atoms with Gasteiger partial charge in [-0.25, -0.2) is 0 Å². The van der Waals surface area contributed by atoms with Crippen LogP contribution in [0.25, 0.3) is 0 Å². The van der Waals surface area contributed by atoms with E-state index in [1.807, 2.05) is 0 Å². The van der Waals surface area contributed by atoms with Crippen molar-refractivity contribution in [2.75, 3.05) is 27.3 Å². The number of methoxy groups -OCH3 is 2. The van der Waals surface area contributed by atoms with Crippen LogP contribution in [-0.4, -0.2) is 44.2 Å². The van der Waals surface area contributed by atoms with Crippen molar-refractivity contribution in [2.24, 2.45) is 11.8 Å². The molecule has 1 aliphatic heterocycles. The van der Waals surface area contributed by atoms with Crippen molar-refractivity contribution < 1.29 is 14.3 Å². The Balaban J connectivity index is 2.00. The molecule has 3 rings (SSSR count). The maximum atomic E-state index is 12.5. The third-order valence-corrected chi connectivity index (χ3v) is 5.75. The van der Waals surface area contributed by atoms with Gasteiger partial charge < -0.3 is 14.8 Å². The van der Waals surface area contributed by atoms with Crippen molar-refractivity contribution >= 4 is 5.91 Å². The number of carbonyl (C=O) groups is 1. The molecule has 1 amide bonds. The van der Waals surface area contributed by atoms with E-state index in [1.54, 1.807) is 14.2 Å². The van der Waals surface area contributed by atoms with Gasteiger partial charge in [0.15, 0.2) is 11.5 Å². The van der Waals surface area contributed by atoms with E-state index in [0.29, 0.717) is 5.92 Å². The van der Waals surface area contributed by atoms with Gasteiger partial charge in [-0.3, -0.25) is 9.69 Å². The second kappa shape index (κ2) is 7.87. The van der Waals surface area contributed by atoms with E-state index in [9.17, 15) is 4.79 Å². The van der Waals surface area contributed by atoms with Crippen LogP contribution in [0.1, 0.15) is 50.8 Å². The van der Waals surface area contributed by atoms with Crippen molar-refractivity contribution in [3.05, 3.63) is 23.3 Å². The summed E-state index contributed by atoms with van der Waals surface area (Å²) in [5.74, 6) is 2.31. The number of nitrogens with zero attached hydrogens (tertiary/aromatic N) is 1. The van der Waals surface area contributed by atoms with Crippen LogP contribution in [0.5, 0.6) is 11.5 Å². The van der Waals surface area contributed by atoms with Crippen LogP contribution in [-0.2, 0) is 11.2 Å². The van der Waals surface area contributed by atoms with Crippen molar-refractivity contribution in [1.29, 1.82) is 0 Å². The zero-order valence-corrected chi connectivity index (χ0v) is 16.7. The summed E-state index contributed by atoms with van der Waals surface area (Å²) in [5, 5.41) is 3.37. The molecule has 0 bridgehead atoms. The van der Waals surface area contributed by atoms with Crippen LogP contribution in [0, 0.1) is 11.8 Å². The predicted molar refractivity (Wildman–Crippen MR) is 103 cm³/mol. The van der Waals surface area contributed by atoms with E-state index in [4.69, 9.17) is 9.47 Å². The molecule has 1 fully saturated rings. The summed E-state index contributed by atoms with van der Waals surface area (Å²) >= 11 is 0. The first-order valence-electron chi connectivity index (χ1n) is 9.79. The largest absolute Gasteiger partial charge is 0.493 e. The van der Waals surface area contributed by atoms with Crippen molar-refractivity contribution in [3.63, 3.8) is 0 Å². The van der Waals surface area contributed by atoms with Crippen molar-refractivity contribution in [1.82, 2.24) is 10.2 Å². The fraction of sp³-hybridized carbons (Fsp3) is 0.667. The lowest BCUT2D eigenvalue weighted by Gasteiger charge is -2.43. The first-order chi connectivity index (χ1) is 12.5. The Morgan fingerprint density at radius 1 is 1.23 bits per heavy atom. The summed E-state index contributed by atoms with van der Waals surface area (Å²) in [4.78, 5) is 15.0. The number of ether oxygens (including phenoxy) is 2. The fourth-order valence-corrected chi connectivity index (χ4v) is 4.04. The molecule has 0 saturated heterocycles. The zero-order valence-electron chi connectivity index (χ0n) is 16.7. The van der Waals surface area contributed by atoms with Gasteiger partial charge in [-0.1, -0.05) is 20.8 Å². The summed E-state index contributed by atoms with van der Waals surface area (Å²) in [7, 11) is 3.35. The zero-order chi connectivity index (χ0) is 18.8. The van der Waals surface area contributed by atoms with Gasteiger partial charge in [-0.05, 0) is 55.0 Å². The van der Waals surface area contributed by atoms with Gasteiger partial charge >= 0.3 is 0 Å². The minimum absolute atomic E-state index is 0.0835. The van der Waals surface area contributed by atoms with Crippen molar-refractivity contribution in [2.45, 2.75) is 52.1 Å². The molecule has 5 heteroatoms. The smallest absolute Gasteiger partial charge is 0.223 e. The summed E-state index contributed by atoms with van der Waals surface area (Å²) in [5.41, 5.74) is 2.55. The monoisotopic (exact) mass is 360 g/mol. The summed E-state index contributed by atoms with van der Waals surface area (Å²) in [6.07, 6.45) is 3.04. The number of hydrogen-bond donors (Lipinski definition) is 1. The van der Waals surface area contributed by atoms with Crippen LogP contribution in [0.3, 0.4) is 0 Å². The van der Waals surface area contributed by atoms with Gasteiger partial charge in [-0.15, -0.1) is 0 Å². The van der Waals surface area contributed by atoms with Gasteiger partial charge in [0.1, 0.15) is 0 Å². The molecule has 1 heterocycles. The topological polar surface area (TPSA) is 50.8 Å². The molecule has 1 aliphatic carbocycles. The number of carbonyl (C=O) groups excluding carboxylic acids is 1. The Morgan fingerprint density at radius 3 is 2.42 bits per heavy atom. The van der Waals surface area contributed by atoms with Crippen LogP contribution in [0.15, 0.2) is 12.1 Å². The minimum atomic E-state index is 0.0835. The Morgan fingerprint density at radius 2 is 1.88 bits per heavy atom. The molecule has 1 saturated carbocycles. The van der Waals surface area contributed by atoms with E-state index in [1.165, 1.54) is 11.1 Å². The standard InChI is InChI=1S/C21H32N2O3/c1-6-23-10-9-15-11-17(25-4)18(26-5)12-16(15)20(23)19(13(2)3)22-21(24)14-7-8-14/h11-14,19-20H,6-10H2,1-5H3,(H,22,24). The molecule has 0 aromatic heterocycles. The highest BCUT2D eigenvalue weighted by Crippen LogP contribution is 2.41. The first-order valence-corrected chi connectivity index (χ1v) is 9.79. The Bertz CT molecular complexity index is 655. The number of likely N-dealkylation sites (N-methyl/N-ethyl adjacent to an activating group) is 1. The SMILES string of the molecule is CCN1CCc2cc(OC)c(OC)cc2C1C(NC(=O)C1CC1)C(C)C. The van der Waals surface area contributed by atoms with E-state index in [0.717, 1.165) is 43.9 Å². The van der Waals surface area contributed by atoms with Crippen LogP contribution in [0.2, 0.25) is 0 Å². The second-order valence-corrected chi connectivity index (χ2v) is 7.78. The minimum Gasteiger partial charge on any atom is -0.493 e. The molecule has 5 nitrogen and oxygen atoms in total. The number of fused-ring (bicyclic) bond motifs is 1. The van der Waals surface area contributed by atoms with E-state index >= 15 is 0 Å². The van der Waals surface area contributed by atoms with Crippen molar-refractivity contribution in [3.8, 4) is 11.5 Å². The molecule has 26 heavy (non-hydrogen) atoms. The van der Waals surface area contributed by atoms with Gasteiger partial charge in [-0.2, -0.15) is 0 Å². The third-order valence-electron chi connectivity index (χ3n) is 5.75. The Hall–Kier alpha value is -1.75. The molecule has 0 spiro atoms. The Kier molecular flexibility index (Phi) is 5.76. The number of nitrogens with one attached hydrogen (secondary N) is 1. The average Bonchev–Trinajstić information content (AvgIpc) is 3.49. The number of rotatable bonds is 7. The first kappa shape index (κ1) is 19.0. The number of hydrogen-bond acceptors (Lipinski definition) is 4. The molecule has 2 atom stereocenters. The molecule has 1 N–H and O–H groups in total. The highest BCUT2D eigenvalue weighted by Gasteiger charge is 2.39. The summed E-state index contributed by atoms with van der Waals surface area (Å²) < 4.78 is 11.1. The highest BCUT2D eigenvalue weighted by molar-refractivity contribution is 5.81. The molecular formula is C21H32N2O3. The third kappa shape index (κ3) is 3.68. The second-order valence-electron chi connectivity index (χ2n) is 7.78. The van der Waals surface area contributed by atoms with Crippen LogP contribution >= 0.6 is 0 Å². The normalized spacial score (nSPS) is 21.2. The predicted octanol–water partition coefficient (Wildman–Crippen LogP) is 3.17. The molecule has 1 aromatic carbocycles. The van der Waals surface area contributed by atoms with E-state index in [-0.39, 0.29) is 23.9 Å². The summed E-state index contributed by atoms with van der Waals surface area (Å²) in [6, 6.07) is 4.46. The molecule has 2 unspecified atom stereocenters. The Labute approximate surface area is 157 Å². The molecule has 0 radical (unpaired) electrons. The maximum absolute atomic E-state index is 12.5. The molecular weight excluding hydrogens is 328 g/mol. The fourth-order valence-electron chi connectivity index (χ4n) is 4.04. The van der Waals surface area contributed by atoms with Crippen LogP contribution < -0.4 is 14.8 Å². The number of benzene rings is 1. The van der Waals surface area contributed by atoms with Gasteiger partial charge in [0.25, 0.3) is 0 Å². The van der Waals surface area contributed by atoms with Gasteiger partial charge in [0.05, 0.1) is 26.3 Å². The summed E-state index contributed by atoms with van der Waals surface area (Å²) in [6.45, 7) is 8.54. The lowest BCUT2D eigenvalue weighted by Crippen LogP contribution is -2.51. The average molecular weight is 360 g/mol. The van der Waals surface area contributed by atoms with Crippen LogP contribution in [0.4, 0.5) is 0 Å². The van der Waals surface area contributed by atoms with E-state index in [2.05, 4.69) is 43.1 Å².